The number of methoxy groups -OCH3 is 2. The molecule has 5 rings (SSSR count). The summed E-state index contributed by atoms with van der Waals surface area (Å²) < 4.78 is 22.0. The summed E-state index contributed by atoms with van der Waals surface area (Å²) in [5.41, 5.74) is 1.75. The van der Waals surface area contributed by atoms with E-state index in [2.05, 4.69) is 5.16 Å². The Bertz CT molecular complexity index is 1540. The maximum Gasteiger partial charge on any atom is 0.301 e. The summed E-state index contributed by atoms with van der Waals surface area (Å²) in [5, 5.41) is 15.3. The Morgan fingerprint density at radius 1 is 0.949 bits per heavy atom. The van der Waals surface area contributed by atoms with Crippen molar-refractivity contribution in [2.75, 3.05) is 19.1 Å². The average Bonchev–Trinajstić information content (AvgIpc) is 3.51. The quantitative estimate of drug-likeness (QED) is 0.189. The molecule has 9 heteroatoms. The van der Waals surface area contributed by atoms with Crippen LogP contribution in [0.4, 0.5) is 5.82 Å². The molecule has 39 heavy (non-hydrogen) atoms. The van der Waals surface area contributed by atoms with E-state index in [0.717, 1.165) is 5.56 Å². The minimum absolute atomic E-state index is 0.0918. The monoisotopic (exact) mass is 526 g/mol. The Morgan fingerprint density at radius 2 is 1.69 bits per heavy atom. The van der Waals surface area contributed by atoms with E-state index >= 15 is 0 Å². The Kier molecular flexibility index (Phi) is 7.05. The molecule has 1 atom stereocenters. The van der Waals surface area contributed by atoms with Gasteiger partial charge in [0.25, 0.3) is 5.78 Å². The van der Waals surface area contributed by atoms with Crippen molar-refractivity contribution in [2.45, 2.75) is 19.6 Å². The van der Waals surface area contributed by atoms with E-state index in [1.807, 2.05) is 30.3 Å². The summed E-state index contributed by atoms with van der Waals surface area (Å²) in [5.74, 6) is 0.0534. The Morgan fingerprint density at radius 3 is 2.33 bits per heavy atom. The lowest BCUT2D eigenvalue weighted by Gasteiger charge is -2.24. The van der Waals surface area contributed by atoms with Crippen LogP contribution in [0.1, 0.15) is 28.5 Å². The highest BCUT2D eigenvalue weighted by Crippen LogP contribution is 2.44. The standard InChI is InChI=1S/C30H26N2O7/c1-18-15-25(31-39-18)32-27(26(29(34)30(32)35)28(33)20-9-12-22(36-2)13-10-20)21-11-14-23(24(16-21)37-3)38-17-19-7-5-4-6-8-19/h4-16,27,33H,17H2,1-3H3/b28-26-. The highest BCUT2D eigenvalue weighted by molar-refractivity contribution is 6.51. The number of aryl methyl sites for hydroxylation is 1. The van der Waals surface area contributed by atoms with Gasteiger partial charge in [-0.25, -0.2) is 0 Å². The molecule has 1 aromatic heterocycles. The molecule has 9 nitrogen and oxygen atoms in total. The summed E-state index contributed by atoms with van der Waals surface area (Å²) in [7, 11) is 3.03. The highest BCUT2D eigenvalue weighted by atomic mass is 16.5. The van der Waals surface area contributed by atoms with Crippen molar-refractivity contribution in [3.8, 4) is 17.2 Å². The second-order valence-corrected chi connectivity index (χ2v) is 8.88. The van der Waals surface area contributed by atoms with Crippen LogP contribution in [-0.2, 0) is 16.2 Å². The van der Waals surface area contributed by atoms with Crippen LogP contribution in [0.15, 0.2) is 89.0 Å². The number of aromatic nitrogens is 1. The topological polar surface area (TPSA) is 111 Å². The highest BCUT2D eigenvalue weighted by Gasteiger charge is 2.48. The fourth-order valence-electron chi connectivity index (χ4n) is 4.46. The molecule has 0 saturated carbocycles. The second kappa shape index (κ2) is 10.7. The van der Waals surface area contributed by atoms with Gasteiger partial charge >= 0.3 is 5.91 Å². The lowest BCUT2D eigenvalue weighted by atomic mass is 9.95. The molecule has 3 aromatic carbocycles. The summed E-state index contributed by atoms with van der Waals surface area (Å²) >= 11 is 0. The maximum atomic E-state index is 13.4. The smallest absolute Gasteiger partial charge is 0.301 e. The van der Waals surface area contributed by atoms with Crippen molar-refractivity contribution in [3.63, 3.8) is 0 Å². The van der Waals surface area contributed by atoms with Gasteiger partial charge in [-0.2, -0.15) is 0 Å². The van der Waals surface area contributed by atoms with Crippen LogP contribution in [-0.4, -0.2) is 36.2 Å². The number of anilines is 1. The fourth-order valence-corrected chi connectivity index (χ4v) is 4.46. The third kappa shape index (κ3) is 4.94. The number of Topliss-reactive ketones (excluding diaryl/α,β-unsaturated/α-hetero) is 1. The van der Waals surface area contributed by atoms with Gasteiger partial charge in [0.15, 0.2) is 17.3 Å². The molecule has 1 N–H and O–H groups in total. The maximum absolute atomic E-state index is 13.4. The number of rotatable bonds is 8. The largest absolute Gasteiger partial charge is 0.507 e. The van der Waals surface area contributed by atoms with Crippen molar-refractivity contribution in [2.24, 2.45) is 0 Å². The summed E-state index contributed by atoms with van der Waals surface area (Å²) in [6, 6.07) is 21.9. The summed E-state index contributed by atoms with van der Waals surface area (Å²) in [6.45, 7) is 2.01. The van der Waals surface area contributed by atoms with E-state index in [1.54, 1.807) is 55.5 Å². The number of aliphatic hydroxyl groups excluding tert-OH is 1. The molecule has 0 aliphatic carbocycles. The van der Waals surface area contributed by atoms with E-state index in [9.17, 15) is 14.7 Å². The molecule has 0 bridgehead atoms. The molecule has 1 unspecified atom stereocenters. The fraction of sp³-hybridized carbons (Fsp3) is 0.167. The van der Waals surface area contributed by atoms with Crippen LogP contribution in [0.25, 0.3) is 5.76 Å². The first-order valence-electron chi connectivity index (χ1n) is 12.1. The van der Waals surface area contributed by atoms with Gasteiger partial charge in [0, 0.05) is 11.6 Å². The van der Waals surface area contributed by atoms with E-state index in [0.29, 0.717) is 40.7 Å². The first-order valence-corrected chi connectivity index (χ1v) is 12.1. The molecule has 198 valence electrons. The third-order valence-corrected chi connectivity index (χ3v) is 6.41. The van der Waals surface area contributed by atoms with Crippen molar-refractivity contribution in [3.05, 3.63) is 107 Å². The van der Waals surface area contributed by atoms with Crippen LogP contribution >= 0.6 is 0 Å². The second-order valence-electron chi connectivity index (χ2n) is 8.88. The van der Waals surface area contributed by atoms with E-state index in [4.69, 9.17) is 18.7 Å². The van der Waals surface area contributed by atoms with Gasteiger partial charge in [-0.3, -0.25) is 14.5 Å². The molecular weight excluding hydrogens is 500 g/mol. The van der Waals surface area contributed by atoms with E-state index < -0.39 is 17.7 Å². The van der Waals surface area contributed by atoms with Crippen molar-refractivity contribution >= 4 is 23.3 Å². The number of aliphatic hydroxyl groups is 1. The lowest BCUT2D eigenvalue weighted by Crippen LogP contribution is -2.29. The van der Waals surface area contributed by atoms with Crippen molar-refractivity contribution in [1.29, 1.82) is 0 Å². The van der Waals surface area contributed by atoms with Gasteiger partial charge in [0.1, 0.15) is 23.9 Å². The zero-order chi connectivity index (χ0) is 27.5. The molecule has 1 aliphatic heterocycles. The Labute approximate surface area is 224 Å². The zero-order valence-corrected chi connectivity index (χ0v) is 21.6. The molecular formula is C30H26N2O7. The number of hydrogen-bond donors (Lipinski definition) is 1. The van der Waals surface area contributed by atoms with Gasteiger partial charge < -0.3 is 23.8 Å². The number of carbonyl (C=O) groups excluding carboxylic acids is 2. The van der Waals surface area contributed by atoms with Crippen LogP contribution in [0, 0.1) is 6.92 Å². The van der Waals surface area contributed by atoms with Crippen LogP contribution < -0.4 is 19.1 Å². The normalized spacial score (nSPS) is 16.4. The van der Waals surface area contributed by atoms with Gasteiger partial charge in [-0.1, -0.05) is 41.6 Å². The zero-order valence-electron chi connectivity index (χ0n) is 21.6. The number of nitrogens with zero attached hydrogens (tertiary/aromatic N) is 2. The molecule has 4 aromatic rings. The molecule has 2 heterocycles. The van der Waals surface area contributed by atoms with Gasteiger partial charge in [-0.05, 0) is 54.4 Å². The first-order chi connectivity index (χ1) is 18.9. The number of ether oxygens (including phenoxy) is 3. The number of carbonyl (C=O) groups is 2. The minimum Gasteiger partial charge on any atom is -0.507 e. The first kappa shape index (κ1) is 25.6. The SMILES string of the molecule is COc1ccc(/C(O)=C2/C(=O)C(=O)N(c3cc(C)on3)C2c2ccc(OCc3ccccc3)c(OC)c2)cc1. The van der Waals surface area contributed by atoms with Gasteiger partial charge in [0.2, 0.25) is 0 Å². The van der Waals surface area contributed by atoms with Gasteiger partial charge in [-0.15, -0.1) is 0 Å². The van der Waals surface area contributed by atoms with Crippen molar-refractivity contribution in [1.82, 2.24) is 5.16 Å². The number of amides is 1. The third-order valence-electron chi connectivity index (χ3n) is 6.41. The Balaban J connectivity index is 1.60. The molecule has 0 spiro atoms. The molecule has 1 fully saturated rings. The van der Waals surface area contributed by atoms with Crippen LogP contribution in [0.3, 0.4) is 0 Å². The van der Waals surface area contributed by atoms with E-state index in [1.165, 1.54) is 19.1 Å². The number of benzene rings is 3. The number of ketones is 1. The number of hydrogen-bond acceptors (Lipinski definition) is 8. The van der Waals surface area contributed by atoms with Gasteiger partial charge in [0.05, 0.1) is 25.8 Å². The van der Waals surface area contributed by atoms with Crippen LogP contribution in [0.5, 0.6) is 17.2 Å². The molecule has 1 amide bonds. The summed E-state index contributed by atoms with van der Waals surface area (Å²) in [6.07, 6.45) is 0. The van der Waals surface area contributed by atoms with E-state index in [-0.39, 0.29) is 17.2 Å². The molecule has 1 saturated heterocycles. The Hall–Kier alpha value is -5.05. The summed E-state index contributed by atoms with van der Waals surface area (Å²) in [4.78, 5) is 27.9. The van der Waals surface area contributed by atoms with Crippen molar-refractivity contribution < 1.29 is 33.4 Å². The predicted octanol–water partition coefficient (Wildman–Crippen LogP) is 5.21. The lowest BCUT2D eigenvalue weighted by molar-refractivity contribution is -0.132. The van der Waals surface area contributed by atoms with Crippen LogP contribution in [0.2, 0.25) is 0 Å². The average molecular weight is 527 g/mol. The molecule has 0 radical (unpaired) electrons. The minimum atomic E-state index is -1.01. The molecule has 1 aliphatic rings. The predicted molar refractivity (Wildman–Crippen MR) is 143 cm³/mol.